The van der Waals surface area contributed by atoms with Gasteiger partial charge in [0.15, 0.2) is 0 Å². The monoisotopic (exact) mass is 244 g/mol. The number of ether oxygens (including phenoxy) is 1. The summed E-state index contributed by atoms with van der Waals surface area (Å²) in [5.74, 6) is -1.32. The Morgan fingerprint density at radius 2 is 2.07 bits per heavy atom. The van der Waals surface area contributed by atoms with E-state index in [0.717, 1.165) is 4.90 Å². The van der Waals surface area contributed by atoms with Crippen LogP contribution in [0.25, 0.3) is 0 Å². The summed E-state index contributed by atoms with van der Waals surface area (Å²) in [6, 6.07) is 4.77. The summed E-state index contributed by atoms with van der Waals surface area (Å²) in [7, 11) is 0. The second-order valence-electron chi connectivity index (χ2n) is 2.73. The van der Waals surface area contributed by atoms with Crippen LogP contribution in [0.15, 0.2) is 23.1 Å². The Balaban J connectivity index is 2.92. The molecule has 80 valence electrons. The highest BCUT2D eigenvalue weighted by Gasteiger charge is 2.11. The normalized spacial score (nSPS) is 9.80. The zero-order chi connectivity index (χ0) is 11.4. The lowest BCUT2D eigenvalue weighted by atomic mass is 10.2. The van der Waals surface area contributed by atoms with Crippen LogP contribution in [-0.4, -0.2) is 18.2 Å². The van der Waals surface area contributed by atoms with E-state index in [0.29, 0.717) is 5.02 Å². The third kappa shape index (κ3) is 3.25. The highest BCUT2D eigenvalue weighted by molar-refractivity contribution is 7.98. The van der Waals surface area contributed by atoms with Crippen LogP contribution in [0.2, 0.25) is 5.02 Å². The molecule has 0 amide bonds. The second-order valence-corrected chi connectivity index (χ2v) is 3.99. The summed E-state index contributed by atoms with van der Waals surface area (Å²) in [6.45, 7) is 1.18. The van der Waals surface area contributed by atoms with Crippen molar-refractivity contribution in [1.82, 2.24) is 0 Å². The lowest BCUT2D eigenvalue weighted by Crippen LogP contribution is -2.09. The number of benzene rings is 1. The Hall–Kier alpha value is -1.00. The fraction of sp³-hybridized carbons (Fsp3) is 0.200. The fourth-order valence-corrected chi connectivity index (χ4v) is 1.85. The van der Waals surface area contributed by atoms with Gasteiger partial charge in [0, 0.05) is 11.8 Å². The van der Waals surface area contributed by atoms with Crippen LogP contribution < -0.4 is 0 Å². The summed E-state index contributed by atoms with van der Waals surface area (Å²) >= 11 is 7.38. The number of esters is 2. The molecular formula is C10H9ClO3S. The van der Waals surface area contributed by atoms with Gasteiger partial charge in [0.2, 0.25) is 0 Å². The largest absolute Gasteiger partial charge is 0.390 e. The first-order chi connectivity index (χ1) is 7.04. The highest BCUT2D eigenvalue weighted by atomic mass is 35.5. The van der Waals surface area contributed by atoms with Gasteiger partial charge in [-0.1, -0.05) is 11.6 Å². The molecule has 0 aromatic heterocycles. The van der Waals surface area contributed by atoms with Gasteiger partial charge in [-0.25, -0.2) is 4.79 Å². The molecule has 0 aliphatic carbocycles. The molecule has 0 aliphatic rings. The van der Waals surface area contributed by atoms with E-state index in [9.17, 15) is 9.59 Å². The molecule has 0 atom stereocenters. The lowest BCUT2D eigenvalue weighted by molar-refractivity contribution is -0.135. The maximum atomic E-state index is 11.3. The molecule has 0 N–H and O–H groups in total. The second kappa shape index (κ2) is 5.19. The number of thioether (sulfide) groups is 1. The molecule has 0 bridgehead atoms. The minimum Gasteiger partial charge on any atom is -0.390 e. The minimum absolute atomic E-state index is 0.271. The molecule has 1 aromatic carbocycles. The minimum atomic E-state index is -0.683. The number of rotatable bonds is 2. The van der Waals surface area contributed by atoms with Gasteiger partial charge in [-0.2, -0.15) is 0 Å². The van der Waals surface area contributed by atoms with E-state index in [1.165, 1.54) is 24.8 Å². The number of carbonyl (C=O) groups excluding carboxylic acids is 2. The maximum Gasteiger partial charge on any atom is 0.345 e. The molecule has 0 aliphatic heterocycles. The van der Waals surface area contributed by atoms with Crippen molar-refractivity contribution in [2.24, 2.45) is 0 Å². The lowest BCUT2D eigenvalue weighted by Gasteiger charge is -2.03. The Morgan fingerprint density at radius 3 is 2.53 bits per heavy atom. The zero-order valence-electron chi connectivity index (χ0n) is 8.24. The molecular weight excluding hydrogens is 236 g/mol. The first-order valence-electron chi connectivity index (χ1n) is 4.11. The molecule has 1 rings (SSSR count). The van der Waals surface area contributed by atoms with Gasteiger partial charge in [-0.3, -0.25) is 4.79 Å². The Kier molecular flexibility index (Phi) is 4.17. The Morgan fingerprint density at radius 1 is 1.40 bits per heavy atom. The third-order valence-electron chi connectivity index (χ3n) is 1.62. The molecule has 15 heavy (non-hydrogen) atoms. The molecule has 0 spiro atoms. The van der Waals surface area contributed by atoms with Gasteiger partial charge in [0.05, 0.1) is 10.6 Å². The van der Waals surface area contributed by atoms with Crippen LogP contribution >= 0.6 is 23.4 Å². The van der Waals surface area contributed by atoms with Gasteiger partial charge < -0.3 is 4.74 Å². The maximum absolute atomic E-state index is 11.3. The standard InChI is InChI=1S/C10H9ClO3S/c1-6(12)14-10(13)7-3-4-9(15-2)8(11)5-7/h3-5H,1-2H3. The number of carbonyl (C=O) groups is 2. The van der Waals surface area contributed by atoms with Crippen molar-refractivity contribution in [3.05, 3.63) is 28.8 Å². The van der Waals surface area contributed by atoms with Crippen LogP contribution in [0.1, 0.15) is 17.3 Å². The molecule has 1 aromatic rings. The van der Waals surface area contributed by atoms with Gasteiger partial charge in [-0.05, 0) is 24.5 Å². The van der Waals surface area contributed by atoms with E-state index in [1.807, 2.05) is 6.26 Å². The first-order valence-corrected chi connectivity index (χ1v) is 5.71. The van der Waals surface area contributed by atoms with Crippen LogP contribution in [-0.2, 0) is 9.53 Å². The van der Waals surface area contributed by atoms with Gasteiger partial charge in [-0.15, -0.1) is 11.8 Å². The predicted molar refractivity (Wildman–Crippen MR) is 59.3 cm³/mol. The molecule has 3 nitrogen and oxygen atoms in total. The summed E-state index contributed by atoms with van der Waals surface area (Å²) in [5.41, 5.74) is 0.271. The van der Waals surface area contributed by atoms with E-state index in [4.69, 9.17) is 11.6 Å². The molecule has 0 radical (unpaired) electrons. The van der Waals surface area contributed by atoms with Crippen molar-refractivity contribution in [3.8, 4) is 0 Å². The molecule has 0 heterocycles. The zero-order valence-corrected chi connectivity index (χ0v) is 9.82. The van der Waals surface area contributed by atoms with E-state index in [2.05, 4.69) is 4.74 Å². The first kappa shape index (κ1) is 12.1. The van der Waals surface area contributed by atoms with Gasteiger partial charge in [0.1, 0.15) is 0 Å². The molecule has 0 unspecified atom stereocenters. The number of hydrogen-bond acceptors (Lipinski definition) is 4. The smallest absolute Gasteiger partial charge is 0.345 e. The summed E-state index contributed by atoms with van der Waals surface area (Å²) in [5, 5.41) is 0.473. The van der Waals surface area contributed by atoms with E-state index in [1.54, 1.807) is 12.1 Å². The molecule has 5 heteroatoms. The van der Waals surface area contributed by atoms with E-state index >= 15 is 0 Å². The van der Waals surface area contributed by atoms with Crippen molar-refractivity contribution >= 4 is 35.3 Å². The quantitative estimate of drug-likeness (QED) is 0.456. The summed E-state index contributed by atoms with van der Waals surface area (Å²) in [6.07, 6.45) is 1.88. The van der Waals surface area contributed by atoms with Crippen LogP contribution in [0.3, 0.4) is 0 Å². The van der Waals surface area contributed by atoms with Crippen molar-refractivity contribution < 1.29 is 14.3 Å². The van der Waals surface area contributed by atoms with E-state index in [-0.39, 0.29) is 5.56 Å². The van der Waals surface area contributed by atoms with Gasteiger partial charge >= 0.3 is 11.9 Å². The Labute approximate surface area is 96.8 Å². The van der Waals surface area contributed by atoms with Crippen molar-refractivity contribution in [2.75, 3.05) is 6.26 Å². The Bertz CT molecular complexity index is 404. The number of hydrogen-bond donors (Lipinski definition) is 0. The van der Waals surface area contributed by atoms with Crippen LogP contribution in [0.4, 0.5) is 0 Å². The van der Waals surface area contributed by atoms with Crippen LogP contribution in [0.5, 0.6) is 0 Å². The SMILES string of the molecule is CSc1ccc(C(=O)OC(C)=O)cc1Cl. The topological polar surface area (TPSA) is 43.4 Å². The third-order valence-corrected chi connectivity index (χ3v) is 2.84. The highest BCUT2D eigenvalue weighted by Crippen LogP contribution is 2.26. The average molecular weight is 245 g/mol. The summed E-state index contributed by atoms with van der Waals surface area (Å²) < 4.78 is 4.42. The summed E-state index contributed by atoms with van der Waals surface area (Å²) in [4.78, 5) is 22.7. The molecule has 0 saturated carbocycles. The van der Waals surface area contributed by atoms with Crippen LogP contribution in [0, 0.1) is 0 Å². The molecule has 0 saturated heterocycles. The molecule has 0 fully saturated rings. The van der Waals surface area contributed by atoms with Crippen molar-refractivity contribution in [3.63, 3.8) is 0 Å². The van der Waals surface area contributed by atoms with Crippen molar-refractivity contribution in [1.29, 1.82) is 0 Å². The fourth-order valence-electron chi connectivity index (χ4n) is 0.983. The van der Waals surface area contributed by atoms with Crippen molar-refractivity contribution in [2.45, 2.75) is 11.8 Å². The predicted octanol–water partition coefficient (Wildman–Crippen LogP) is 2.77. The number of halogens is 1. The van der Waals surface area contributed by atoms with E-state index < -0.39 is 11.9 Å². The average Bonchev–Trinajstić information content (AvgIpc) is 2.16. The van der Waals surface area contributed by atoms with Gasteiger partial charge in [0.25, 0.3) is 0 Å².